The van der Waals surface area contributed by atoms with Gasteiger partial charge in [0.05, 0.1) is 11.5 Å². The van der Waals surface area contributed by atoms with E-state index >= 15 is 0 Å². The third kappa shape index (κ3) is 5.33. The lowest BCUT2D eigenvalue weighted by atomic mass is 10.1. The smallest absolute Gasteiger partial charge is 0.276 e. The summed E-state index contributed by atoms with van der Waals surface area (Å²) in [6, 6.07) is 17.1. The zero-order chi connectivity index (χ0) is 24.3. The number of sulfone groups is 1. The van der Waals surface area contributed by atoms with E-state index in [0.29, 0.717) is 18.7 Å². The van der Waals surface area contributed by atoms with Crippen LogP contribution in [0.5, 0.6) is 0 Å². The van der Waals surface area contributed by atoms with Crippen LogP contribution in [0, 0.1) is 6.92 Å². The van der Waals surface area contributed by atoms with E-state index in [1.54, 1.807) is 11.0 Å². The van der Waals surface area contributed by atoms with Gasteiger partial charge in [-0.05, 0) is 44.9 Å². The Morgan fingerprint density at radius 1 is 1.06 bits per heavy atom. The SMILES string of the molecule is CCN(CC)c1ccc(CN(C(=O)c2cc(-c3ccc(C)cc3)on2)[C@H]2CCS(=O)(=O)C2)cc1. The van der Waals surface area contributed by atoms with Gasteiger partial charge >= 0.3 is 0 Å². The Hall–Kier alpha value is -3.13. The lowest BCUT2D eigenvalue weighted by Crippen LogP contribution is -2.40. The topological polar surface area (TPSA) is 83.7 Å². The van der Waals surface area contributed by atoms with Crippen LogP contribution in [-0.2, 0) is 16.4 Å². The number of anilines is 1. The minimum absolute atomic E-state index is 0.0288. The van der Waals surface area contributed by atoms with Crippen molar-refractivity contribution >= 4 is 21.4 Å². The van der Waals surface area contributed by atoms with E-state index in [2.05, 4.69) is 23.9 Å². The summed E-state index contributed by atoms with van der Waals surface area (Å²) in [6.45, 7) is 8.36. The molecular weight excluding hydrogens is 450 g/mol. The lowest BCUT2D eigenvalue weighted by molar-refractivity contribution is 0.0670. The van der Waals surface area contributed by atoms with Gasteiger partial charge in [-0.3, -0.25) is 4.79 Å². The molecule has 0 saturated carbocycles. The van der Waals surface area contributed by atoms with Gasteiger partial charge in [-0.2, -0.15) is 0 Å². The number of amides is 1. The molecule has 1 aliphatic heterocycles. The van der Waals surface area contributed by atoms with Crippen LogP contribution in [0.2, 0.25) is 0 Å². The first-order valence-electron chi connectivity index (χ1n) is 11.7. The van der Waals surface area contributed by atoms with Gasteiger partial charge in [0.1, 0.15) is 0 Å². The molecule has 34 heavy (non-hydrogen) atoms. The largest absolute Gasteiger partial charge is 0.372 e. The van der Waals surface area contributed by atoms with Gasteiger partial charge in [0.2, 0.25) is 0 Å². The van der Waals surface area contributed by atoms with E-state index in [0.717, 1.165) is 35.5 Å². The summed E-state index contributed by atoms with van der Waals surface area (Å²) >= 11 is 0. The molecule has 1 fully saturated rings. The predicted molar refractivity (Wildman–Crippen MR) is 134 cm³/mol. The molecule has 180 valence electrons. The molecule has 1 amide bonds. The number of aromatic nitrogens is 1. The summed E-state index contributed by atoms with van der Waals surface area (Å²) in [5.41, 5.74) is 4.20. The molecule has 0 spiro atoms. The number of hydrogen-bond acceptors (Lipinski definition) is 6. The number of benzene rings is 2. The molecule has 2 aromatic carbocycles. The Morgan fingerprint density at radius 2 is 1.74 bits per heavy atom. The zero-order valence-electron chi connectivity index (χ0n) is 19.9. The van der Waals surface area contributed by atoms with Crippen LogP contribution in [0.25, 0.3) is 11.3 Å². The van der Waals surface area contributed by atoms with Crippen molar-refractivity contribution in [3.05, 3.63) is 71.4 Å². The monoisotopic (exact) mass is 481 g/mol. The average molecular weight is 482 g/mol. The Kier molecular flexibility index (Phi) is 7.07. The molecule has 7 nitrogen and oxygen atoms in total. The summed E-state index contributed by atoms with van der Waals surface area (Å²) in [5.74, 6) is 0.247. The molecule has 0 bridgehead atoms. The second-order valence-corrected chi connectivity index (χ2v) is 11.0. The lowest BCUT2D eigenvalue weighted by Gasteiger charge is -2.28. The fourth-order valence-electron chi connectivity index (χ4n) is 4.36. The normalized spacial score (nSPS) is 17.0. The van der Waals surface area contributed by atoms with Crippen LogP contribution in [-0.4, -0.2) is 55.0 Å². The van der Waals surface area contributed by atoms with Crippen LogP contribution in [0.3, 0.4) is 0 Å². The third-order valence-electron chi connectivity index (χ3n) is 6.39. The first kappa shape index (κ1) is 24.0. The highest BCUT2D eigenvalue weighted by molar-refractivity contribution is 7.91. The fourth-order valence-corrected chi connectivity index (χ4v) is 6.09. The first-order chi connectivity index (χ1) is 16.3. The van der Waals surface area contributed by atoms with Gasteiger partial charge in [-0.1, -0.05) is 47.1 Å². The first-order valence-corrected chi connectivity index (χ1v) is 13.5. The van der Waals surface area contributed by atoms with Crippen LogP contribution >= 0.6 is 0 Å². The molecule has 2 heterocycles. The Bertz CT molecular complexity index is 1230. The molecule has 8 heteroatoms. The average Bonchev–Trinajstić information content (AvgIpc) is 3.46. The van der Waals surface area contributed by atoms with Crippen LogP contribution < -0.4 is 4.90 Å². The Balaban J connectivity index is 1.59. The maximum atomic E-state index is 13.5. The van der Waals surface area contributed by atoms with E-state index in [4.69, 9.17) is 4.52 Å². The highest BCUT2D eigenvalue weighted by Crippen LogP contribution is 2.26. The van der Waals surface area contributed by atoms with Crippen molar-refractivity contribution in [1.29, 1.82) is 0 Å². The number of carbonyl (C=O) groups is 1. The minimum atomic E-state index is -3.16. The number of rotatable bonds is 8. The second-order valence-electron chi connectivity index (χ2n) is 8.77. The van der Waals surface area contributed by atoms with Gasteiger partial charge in [-0.25, -0.2) is 8.42 Å². The molecule has 4 rings (SSSR count). The van der Waals surface area contributed by atoms with Crippen molar-refractivity contribution in [3.8, 4) is 11.3 Å². The number of nitrogens with zero attached hydrogens (tertiary/aromatic N) is 3. The number of hydrogen-bond donors (Lipinski definition) is 0. The van der Waals surface area contributed by atoms with E-state index in [1.807, 2.05) is 55.5 Å². The van der Waals surface area contributed by atoms with Crippen molar-refractivity contribution < 1.29 is 17.7 Å². The van der Waals surface area contributed by atoms with E-state index < -0.39 is 9.84 Å². The second kappa shape index (κ2) is 10.0. The predicted octanol–water partition coefficient (Wildman–Crippen LogP) is 4.33. The van der Waals surface area contributed by atoms with Crippen molar-refractivity contribution in [3.63, 3.8) is 0 Å². The highest BCUT2D eigenvalue weighted by atomic mass is 32.2. The summed E-state index contributed by atoms with van der Waals surface area (Å²) < 4.78 is 29.8. The maximum absolute atomic E-state index is 13.5. The molecule has 1 aromatic heterocycles. The summed E-state index contributed by atoms with van der Waals surface area (Å²) in [5, 5.41) is 4.02. The van der Waals surface area contributed by atoms with Crippen molar-refractivity contribution in [2.45, 2.75) is 39.8 Å². The van der Waals surface area contributed by atoms with E-state index in [1.165, 1.54) is 0 Å². The Labute approximate surface area is 201 Å². The summed E-state index contributed by atoms with van der Waals surface area (Å²) in [4.78, 5) is 17.4. The molecular formula is C26H31N3O4S. The summed E-state index contributed by atoms with van der Waals surface area (Å²) in [7, 11) is -3.16. The van der Waals surface area contributed by atoms with Gasteiger partial charge in [0.15, 0.2) is 21.3 Å². The van der Waals surface area contributed by atoms with Gasteiger partial charge < -0.3 is 14.3 Å². The minimum Gasteiger partial charge on any atom is -0.372 e. The molecule has 1 aliphatic rings. The highest BCUT2D eigenvalue weighted by Gasteiger charge is 2.36. The maximum Gasteiger partial charge on any atom is 0.276 e. The fraction of sp³-hybridized carbons (Fsp3) is 0.385. The van der Waals surface area contributed by atoms with E-state index in [-0.39, 0.29) is 29.1 Å². The van der Waals surface area contributed by atoms with Gasteiger partial charge in [0.25, 0.3) is 5.91 Å². The quantitative estimate of drug-likeness (QED) is 0.476. The van der Waals surface area contributed by atoms with Crippen molar-refractivity contribution in [2.24, 2.45) is 0 Å². The Morgan fingerprint density at radius 3 is 2.32 bits per heavy atom. The van der Waals surface area contributed by atoms with Crippen LogP contribution in [0.15, 0.2) is 59.1 Å². The number of aryl methyl sites for hydroxylation is 1. The molecule has 3 aromatic rings. The number of carbonyl (C=O) groups excluding carboxylic acids is 1. The molecule has 1 atom stereocenters. The molecule has 0 aliphatic carbocycles. The molecule has 0 N–H and O–H groups in total. The van der Waals surface area contributed by atoms with Crippen LogP contribution in [0.4, 0.5) is 5.69 Å². The van der Waals surface area contributed by atoms with Gasteiger partial charge in [-0.15, -0.1) is 0 Å². The van der Waals surface area contributed by atoms with E-state index in [9.17, 15) is 13.2 Å². The molecule has 0 unspecified atom stereocenters. The molecule has 0 radical (unpaired) electrons. The zero-order valence-corrected chi connectivity index (χ0v) is 20.7. The summed E-state index contributed by atoms with van der Waals surface area (Å²) in [6.07, 6.45) is 0.425. The van der Waals surface area contributed by atoms with Crippen LogP contribution in [0.1, 0.15) is 41.9 Å². The van der Waals surface area contributed by atoms with Crippen molar-refractivity contribution in [2.75, 3.05) is 29.5 Å². The standard InChI is InChI=1S/C26H31N3O4S/c1-4-28(5-2)22-12-8-20(9-13-22)17-29(23-14-15-34(31,32)18-23)26(30)24-16-25(33-27-24)21-10-6-19(3)7-11-21/h6-13,16,23H,4-5,14-15,17-18H2,1-3H3/t23-/m0/s1. The third-order valence-corrected chi connectivity index (χ3v) is 8.14. The van der Waals surface area contributed by atoms with Gasteiger partial charge in [0, 0.05) is 43.0 Å². The molecule has 1 saturated heterocycles. The van der Waals surface area contributed by atoms with Crippen molar-refractivity contribution in [1.82, 2.24) is 10.1 Å².